The average Bonchev–Trinajstić information content (AvgIpc) is 2.45. The molecule has 0 spiro atoms. The monoisotopic (exact) mass is 310 g/mol. The number of hydrogen-bond donors (Lipinski definition) is 0. The number of ketones is 1. The Morgan fingerprint density at radius 2 is 1.86 bits per heavy atom. The van der Waals surface area contributed by atoms with E-state index in [4.69, 9.17) is 16.3 Å². The van der Waals surface area contributed by atoms with Crippen molar-refractivity contribution >= 4 is 17.4 Å². The maximum absolute atomic E-state index is 13.1. The Bertz CT molecular complexity index is 686. The third-order valence-electron chi connectivity index (χ3n) is 3.02. The summed E-state index contributed by atoms with van der Waals surface area (Å²) in [5, 5.41) is 0.599. The molecule has 0 N–H and O–H groups in total. The molecule has 2 aromatic rings. The van der Waals surface area contributed by atoms with Gasteiger partial charge < -0.3 is 4.74 Å². The Morgan fingerprint density at radius 1 is 1.14 bits per heavy atom. The van der Waals surface area contributed by atoms with Gasteiger partial charge in [-0.15, -0.1) is 0 Å². The van der Waals surface area contributed by atoms with E-state index in [2.05, 4.69) is 0 Å². The molecule has 2 nitrogen and oxygen atoms in total. The number of Topliss-reactive ketones (excluding diaryl/α,β-unsaturated/α-hetero) is 1. The number of carbonyl (C=O) groups is 1. The van der Waals surface area contributed by atoms with Gasteiger partial charge >= 0.3 is 0 Å². The molecule has 0 aromatic heterocycles. The van der Waals surface area contributed by atoms with Crippen molar-refractivity contribution in [3.8, 4) is 5.75 Å². The van der Waals surface area contributed by atoms with E-state index in [0.717, 1.165) is 17.7 Å². The Hall–Kier alpha value is -1.94. The first kappa shape index (κ1) is 15.4. The summed E-state index contributed by atoms with van der Waals surface area (Å²) in [7, 11) is 0. The van der Waals surface area contributed by atoms with Gasteiger partial charge in [-0.2, -0.15) is 0 Å². The molecular formula is C16H13ClF2O2. The van der Waals surface area contributed by atoms with Crippen molar-refractivity contribution < 1.29 is 18.3 Å². The van der Waals surface area contributed by atoms with Crippen LogP contribution in [0.1, 0.15) is 22.8 Å². The van der Waals surface area contributed by atoms with Gasteiger partial charge in [-0.05, 0) is 55.8 Å². The van der Waals surface area contributed by atoms with E-state index in [1.165, 1.54) is 6.07 Å². The van der Waals surface area contributed by atoms with Crippen LogP contribution in [0.4, 0.5) is 8.78 Å². The summed E-state index contributed by atoms with van der Waals surface area (Å²) in [5.74, 6) is -1.99. The van der Waals surface area contributed by atoms with E-state index in [0.29, 0.717) is 10.8 Å². The number of aryl methyl sites for hydroxylation is 1. The van der Waals surface area contributed by atoms with E-state index in [9.17, 15) is 13.6 Å². The lowest BCUT2D eigenvalue weighted by Gasteiger charge is -2.14. The fraction of sp³-hybridized carbons (Fsp3) is 0.188. The first-order chi connectivity index (χ1) is 9.88. The normalized spacial score (nSPS) is 12.0. The fourth-order valence-electron chi connectivity index (χ4n) is 1.83. The zero-order chi connectivity index (χ0) is 15.6. The number of ether oxygens (including phenoxy) is 1. The highest BCUT2D eigenvalue weighted by atomic mass is 35.5. The van der Waals surface area contributed by atoms with E-state index < -0.39 is 23.5 Å². The van der Waals surface area contributed by atoms with Gasteiger partial charge in [0.05, 0.1) is 0 Å². The maximum Gasteiger partial charge on any atom is 0.203 e. The molecule has 0 aliphatic heterocycles. The van der Waals surface area contributed by atoms with Gasteiger partial charge in [0.1, 0.15) is 5.75 Å². The zero-order valence-electron chi connectivity index (χ0n) is 11.5. The molecule has 0 radical (unpaired) electrons. The summed E-state index contributed by atoms with van der Waals surface area (Å²) < 4.78 is 31.5. The van der Waals surface area contributed by atoms with Gasteiger partial charge in [-0.3, -0.25) is 4.79 Å². The molecule has 0 aliphatic rings. The second-order valence-electron chi connectivity index (χ2n) is 4.66. The van der Waals surface area contributed by atoms with Crippen LogP contribution in [0.5, 0.6) is 5.75 Å². The second kappa shape index (κ2) is 6.22. The molecule has 0 amide bonds. The van der Waals surface area contributed by atoms with Crippen LogP contribution >= 0.6 is 11.6 Å². The standard InChI is InChI=1S/C16H13ClF2O2/c1-9-7-12(4-5-13(9)17)21-10(2)16(20)11-3-6-14(18)15(19)8-11/h3-8,10H,1-2H3. The molecule has 21 heavy (non-hydrogen) atoms. The van der Waals surface area contributed by atoms with E-state index in [1.807, 2.05) is 6.92 Å². The fourth-order valence-corrected chi connectivity index (χ4v) is 1.95. The van der Waals surface area contributed by atoms with Crippen LogP contribution in [-0.2, 0) is 0 Å². The highest BCUT2D eigenvalue weighted by Crippen LogP contribution is 2.22. The molecule has 2 rings (SSSR count). The van der Waals surface area contributed by atoms with Crippen LogP contribution in [0.15, 0.2) is 36.4 Å². The van der Waals surface area contributed by atoms with Gasteiger partial charge in [0, 0.05) is 10.6 Å². The van der Waals surface area contributed by atoms with Crippen LogP contribution in [0.2, 0.25) is 5.02 Å². The zero-order valence-corrected chi connectivity index (χ0v) is 12.2. The second-order valence-corrected chi connectivity index (χ2v) is 5.07. The highest BCUT2D eigenvalue weighted by Gasteiger charge is 2.18. The van der Waals surface area contributed by atoms with Crippen LogP contribution < -0.4 is 4.74 Å². The number of carbonyl (C=O) groups excluding carboxylic acids is 1. The predicted molar refractivity (Wildman–Crippen MR) is 77.0 cm³/mol. The topological polar surface area (TPSA) is 26.3 Å². The van der Waals surface area contributed by atoms with Crippen molar-refractivity contribution in [1.82, 2.24) is 0 Å². The van der Waals surface area contributed by atoms with Crippen molar-refractivity contribution in [2.24, 2.45) is 0 Å². The minimum atomic E-state index is -1.06. The molecule has 2 aromatic carbocycles. The van der Waals surface area contributed by atoms with E-state index >= 15 is 0 Å². The van der Waals surface area contributed by atoms with Gasteiger partial charge in [-0.25, -0.2) is 8.78 Å². The predicted octanol–water partition coefficient (Wildman–Crippen LogP) is 4.58. The van der Waals surface area contributed by atoms with Gasteiger partial charge in [0.25, 0.3) is 0 Å². The summed E-state index contributed by atoms with van der Waals surface area (Å²) in [6.07, 6.45) is -0.824. The van der Waals surface area contributed by atoms with Crippen LogP contribution in [0, 0.1) is 18.6 Å². The molecule has 0 saturated heterocycles. The van der Waals surface area contributed by atoms with E-state index in [1.54, 1.807) is 25.1 Å². The first-order valence-corrected chi connectivity index (χ1v) is 6.68. The average molecular weight is 311 g/mol. The van der Waals surface area contributed by atoms with Gasteiger partial charge in [0.15, 0.2) is 17.7 Å². The summed E-state index contributed by atoms with van der Waals surface area (Å²) in [6.45, 7) is 3.37. The Labute approximate surface area is 126 Å². The molecule has 0 aliphatic carbocycles. The number of rotatable bonds is 4. The Kier molecular flexibility index (Phi) is 4.58. The molecule has 1 unspecified atom stereocenters. The third kappa shape index (κ3) is 3.58. The lowest BCUT2D eigenvalue weighted by molar-refractivity contribution is 0.0817. The minimum Gasteiger partial charge on any atom is -0.483 e. The lowest BCUT2D eigenvalue weighted by atomic mass is 10.1. The summed E-state index contributed by atoms with van der Waals surface area (Å²) in [6, 6.07) is 8.03. The van der Waals surface area contributed by atoms with Crippen LogP contribution in [0.25, 0.3) is 0 Å². The molecule has 0 fully saturated rings. The molecule has 110 valence electrons. The molecule has 0 heterocycles. The van der Waals surface area contributed by atoms with E-state index in [-0.39, 0.29) is 5.56 Å². The number of benzene rings is 2. The lowest BCUT2D eigenvalue weighted by Crippen LogP contribution is -2.24. The SMILES string of the molecule is Cc1cc(OC(C)C(=O)c2ccc(F)c(F)c2)ccc1Cl. The number of hydrogen-bond acceptors (Lipinski definition) is 2. The minimum absolute atomic E-state index is 0.0621. The molecule has 5 heteroatoms. The van der Waals surface area contributed by atoms with Crippen molar-refractivity contribution in [3.63, 3.8) is 0 Å². The van der Waals surface area contributed by atoms with Crippen LogP contribution in [0.3, 0.4) is 0 Å². The largest absolute Gasteiger partial charge is 0.483 e. The van der Waals surface area contributed by atoms with Crippen LogP contribution in [-0.4, -0.2) is 11.9 Å². The summed E-state index contributed by atoms with van der Waals surface area (Å²) in [4.78, 5) is 12.1. The van der Waals surface area contributed by atoms with Crippen molar-refractivity contribution in [2.75, 3.05) is 0 Å². The molecule has 0 saturated carbocycles. The van der Waals surface area contributed by atoms with Crippen molar-refractivity contribution in [2.45, 2.75) is 20.0 Å². The summed E-state index contributed by atoms with van der Waals surface area (Å²) in [5.41, 5.74) is 0.883. The van der Waals surface area contributed by atoms with Gasteiger partial charge in [0.2, 0.25) is 5.78 Å². The molecular weight excluding hydrogens is 298 g/mol. The quantitative estimate of drug-likeness (QED) is 0.773. The molecule has 0 bridgehead atoms. The first-order valence-electron chi connectivity index (χ1n) is 6.30. The Morgan fingerprint density at radius 3 is 2.48 bits per heavy atom. The number of halogens is 3. The Balaban J connectivity index is 2.15. The highest BCUT2D eigenvalue weighted by molar-refractivity contribution is 6.31. The molecule has 1 atom stereocenters. The van der Waals surface area contributed by atoms with Gasteiger partial charge in [-0.1, -0.05) is 11.6 Å². The third-order valence-corrected chi connectivity index (χ3v) is 3.44. The maximum atomic E-state index is 13.1. The van der Waals surface area contributed by atoms with Crippen molar-refractivity contribution in [3.05, 3.63) is 64.2 Å². The smallest absolute Gasteiger partial charge is 0.203 e. The van der Waals surface area contributed by atoms with Crippen molar-refractivity contribution in [1.29, 1.82) is 0 Å². The summed E-state index contributed by atoms with van der Waals surface area (Å²) >= 11 is 5.91.